The molecule has 0 aliphatic carbocycles. The Morgan fingerprint density at radius 3 is 2.67 bits per heavy atom. The van der Waals surface area contributed by atoms with Gasteiger partial charge in [0.25, 0.3) is 0 Å². The molecule has 0 bridgehead atoms. The number of hydrogen-bond donors (Lipinski definition) is 1. The van der Waals surface area contributed by atoms with Crippen LogP contribution in [0.4, 0.5) is 0 Å². The molecule has 0 radical (unpaired) electrons. The van der Waals surface area contributed by atoms with Crippen LogP contribution in [0.3, 0.4) is 0 Å². The summed E-state index contributed by atoms with van der Waals surface area (Å²) in [5.74, 6) is 0.454. The van der Waals surface area contributed by atoms with Gasteiger partial charge in [-0.15, -0.1) is 0 Å². The first kappa shape index (κ1) is 13.8. The zero-order valence-electron chi connectivity index (χ0n) is 10.1. The van der Waals surface area contributed by atoms with Gasteiger partial charge in [0.2, 0.25) is 0 Å². The Morgan fingerprint density at radius 1 is 1.44 bits per heavy atom. The Bertz CT molecular complexity index is 444. The zero-order valence-corrected chi connectivity index (χ0v) is 11.7. The third kappa shape index (κ3) is 3.70. The van der Waals surface area contributed by atoms with E-state index in [0.29, 0.717) is 5.75 Å². The summed E-state index contributed by atoms with van der Waals surface area (Å²) in [5.41, 5.74) is 0. The molecule has 7 heteroatoms. The first-order valence-corrected chi connectivity index (χ1v) is 8.05. The second-order valence-corrected chi connectivity index (χ2v) is 6.74. The Hall–Kier alpha value is -0.580. The number of para-hydroxylation sites is 1. The molecule has 4 atom stereocenters. The average molecular weight is 292 g/mol. The molecule has 1 aliphatic rings. The number of benzene rings is 1. The Labute approximate surface area is 111 Å². The van der Waals surface area contributed by atoms with Crippen molar-refractivity contribution in [2.24, 2.45) is 0 Å². The Kier molecular flexibility index (Phi) is 4.30. The molecule has 1 aromatic carbocycles. The van der Waals surface area contributed by atoms with E-state index in [0.717, 1.165) is 0 Å². The molecule has 0 spiro atoms. The Balaban J connectivity index is 1.89. The van der Waals surface area contributed by atoms with Crippen molar-refractivity contribution in [2.75, 3.05) is 7.11 Å². The monoisotopic (exact) mass is 291 g/mol. The molecule has 0 aromatic heterocycles. The van der Waals surface area contributed by atoms with Crippen LogP contribution in [0.2, 0.25) is 0 Å². The summed E-state index contributed by atoms with van der Waals surface area (Å²) in [6.45, 7) is -1.62. The fourth-order valence-electron chi connectivity index (χ4n) is 1.61. The zero-order chi connectivity index (χ0) is 13.2. The number of halogens is 1. The molecule has 5 nitrogen and oxygen atoms in total. The molecule has 1 heterocycles. The molecule has 1 fully saturated rings. The van der Waals surface area contributed by atoms with Crippen LogP contribution in [0.5, 0.6) is 5.75 Å². The third-order valence-electron chi connectivity index (χ3n) is 2.53. The fraction of sp³-hybridized carbons (Fsp3) is 0.455. The van der Waals surface area contributed by atoms with Crippen LogP contribution < -0.4 is 9.61 Å². The van der Waals surface area contributed by atoms with Crippen LogP contribution in [0.25, 0.3) is 0 Å². The lowest BCUT2D eigenvalue weighted by atomic mass is 10.3. The number of hydrogen-bond acceptors (Lipinski definition) is 4. The van der Waals surface area contributed by atoms with Gasteiger partial charge in [0.05, 0.1) is 0 Å². The highest BCUT2D eigenvalue weighted by atomic mass is 35.7. The molecule has 1 N–H and O–H groups in total. The van der Waals surface area contributed by atoms with E-state index in [1.807, 2.05) is 13.0 Å². The van der Waals surface area contributed by atoms with Crippen molar-refractivity contribution >= 4 is 18.1 Å². The van der Waals surface area contributed by atoms with E-state index < -0.39 is 6.87 Å². The van der Waals surface area contributed by atoms with Gasteiger partial charge in [0, 0.05) is 24.4 Å². The number of rotatable bonds is 6. The molecule has 1 aliphatic heterocycles. The lowest BCUT2D eigenvalue weighted by Crippen LogP contribution is -2.30. The van der Waals surface area contributed by atoms with Gasteiger partial charge >= 0.3 is 6.87 Å². The second kappa shape index (κ2) is 5.59. The van der Waals surface area contributed by atoms with Crippen molar-refractivity contribution in [3.63, 3.8) is 0 Å². The summed E-state index contributed by atoms with van der Waals surface area (Å²) in [6.07, 6.45) is -0.414. The first-order chi connectivity index (χ1) is 8.52. The molecule has 100 valence electrons. The molecule has 1 saturated heterocycles. The van der Waals surface area contributed by atoms with Crippen molar-refractivity contribution in [3.8, 4) is 5.75 Å². The van der Waals surface area contributed by atoms with Crippen LogP contribution in [-0.4, -0.2) is 25.5 Å². The molecule has 18 heavy (non-hydrogen) atoms. The van der Waals surface area contributed by atoms with Crippen LogP contribution in [0.15, 0.2) is 30.3 Å². The summed E-state index contributed by atoms with van der Waals surface area (Å²) in [7, 11) is 1.55. The van der Waals surface area contributed by atoms with Crippen LogP contribution in [-0.2, 0) is 14.0 Å². The molecule has 0 amide bonds. The second-order valence-electron chi connectivity index (χ2n) is 4.01. The van der Waals surface area contributed by atoms with Crippen molar-refractivity contribution in [1.29, 1.82) is 0 Å². The summed E-state index contributed by atoms with van der Waals surface area (Å²) in [4.78, 5) is 0. The summed E-state index contributed by atoms with van der Waals surface area (Å²) in [6, 6.07) is 8.55. The summed E-state index contributed by atoms with van der Waals surface area (Å²) < 4.78 is 27.5. The quantitative estimate of drug-likeness (QED) is 0.645. The minimum atomic E-state index is -3.43. The van der Waals surface area contributed by atoms with Gasteiger partial charge in [-0.25, -0.2) is 9.65 Å². The maximum Gasteiger partial charge on any atom is 0.409 e. The van der Waals surface area contributed by atoms with Crippen molar-refractivity contribution < 1.29 is 18.6 Å². The molecule has 0 saturated carbocycles. The highest BCUT2D eigenvalue weighted by Gasteiger charge is 2.45. The van der Waals surface area contributed by atoms with Gasteiger partial charge in [-0.2, -0.15) is 0 Å². The number of ether oxygens (including phenoxy) is 2. The maximum atomic E-state index is 12.1. The summed E-state index contributed by atoms with van der Waals surface area (Å²) >= 11 is 5.85. The predicted molar refractivity (Wildman–Crippen MR) is 68.8 cm³/mol. The van der Waals surface area contributed by atoms with E-state index >= 15 is 0 Å². The largest absolute Gasteiger partial charge is 0.422 e. The van der Waals surface area contributed by atoms with Gasteiger partial charge < -0.3 is 14.0 Å². The number of epoxide rings is 1. The average Bonchev–Trinajstić information content (AvgIpc) is 3.08. The van der Waals surface area contributed by atoms with E-state index in [-0.39, 0.29) is 18.4 Å². The van der Waals surface area contributed by atoms with Gasteiger partial charge in [-0.05, 0) is 19.1 Å². The molecule has 2 rings (SSSR count). The molecule has 1 aromatic rings. The standard InChI is InChI=1S/C11H15ClNO4P/c1-8(10-11(15-2)16-10)13-18(12,14)17-9-6-4-3-5-7-9/h3-8,10-11H,1-2H3,(H,13,14)/t8-,10?,11?,18?/m0/s1. The van der Waals surface area contributed by atoms with Crippen molar-refractivity contribution in [2.45, 2.75) is 25.4 Å². The van der Waals surface area contributed by atoms with Crippen molar-refractivity contribution in [1.82, 2.24) is 5.09 Å². The maximum absolute atomic E-state index is 12.1. The minimum absolute atomic E-state index is 0.151. The van der Waals surface area contributed by atoms with Gasteiger partial charge in [-0.1, -0.05) is 18.2 Å². The van der Waals surface area contributed by atoms with E-state index in [1.165, 1.54) is 0 Å². The van der Waals surface area contributed by atoms with Gasteiger partial charge in [-0.3, -0.25) is 0 Å². The Morgan fingerprint density at radius 2 is 2.11 bits per heavy atom. The highest BCUT2D eigenvalue weighted by molar-refractivity contribution is 7.84. The van der Waals surface area contributed by atoms with E-state index in [1.54, 1.807) is 31.4 Å². The molecular formula is C11H15ClNO4P. The number of nitrogens with one attached hydrogen (secondary N) is 1. The topological polar surface area (TPSA) is 60.1 Å². The normalized spacial score (nSPS) is 27.3. The van der Waals surface area contributed by atoms with E-state index in [4.69, 9.17) is 25.2 Å². The third-order valence-corrected chi connectivity index (χ3v) is 4.19. The van der Waals surface area contributed by atoms with Gasteiger partial charge in [0.15, 0.2) is 6.29 Å². The summed E-state index contributed by atoms with van der Waals surface area (Å²) in [5, 5.41) is 2.72. The SMILES string of the molecule is COC1OC1[C@H](C)NP(=O)(Cl)Oc1ccccc1. The lowest BCUT2D eigenvalue weighted by molar-refractivity contribution is 0.0950. The van der Waals surface area contributed by atoms with Crippen LogP contribution >= 0.6 is 18.1 Å². The van der Waals surface area contributed by atoms with E-state index in [9.17, 15) is 4.57 Å². The minimum Gasteiger partial charge on any atom is -0.422 e. The van der Waals surface area contributed by atoms with E-state index in [2.05, 4.69) is 5.09 Å². The van der Waals surface area contributed by atoms with Gasteiger partial charge in [0.1, 0.15) is 11.9 Å². The lowest BCUT2D eigenvalue weighted by Gasteiger charge is -2.17. The van der Waals surface area contributed by atoms with Crippen LogP contribution in [0.1, 0.15) is 6.92 Å². The molecular weight excluding hydrogens is 277 g/mol. The fourth-order valence-corrected chi connectivity index (χ4v) is 3.39. The van der Waals surface area contributed by atoms with Crippen LogP contribution in [0, 0.1) is 0 Å². The predicted octanol–water partition coefficient (Wildman–Crippen LogP) is 2.76. The smallest absolute Gasteiger partial charge is 0.409 e. The number of methoxy groups -OCH3 is 1. The van der Waals surface area contributed by atoms with Crippen molar-refractivity contribution in [3.05, 3.63) is 30.3 Å². The molecule has 3 unspecified atom stereocenters. The first-order valence-electron chi connectivity index (χ1n) is 5.52. The highest BCUT2D eigenvalue weighted by Crippen LogP contribution is 2.49.